The van der Waals surface area contributed by atoms with Crippen LogP contribution in [0.2, 0.25) is 8.67 Å². The summed E-state index contributed by atoms with van der Waals surface area (Å²) in [5.41, 5.74) is 5.94. The summed E-state index contributed by atoms with van der Waals surface area (Å²) in [7, 11) is 0. The van der Waals surface area contributed by atoms with Crippen molar-refractivity contribution >= 4 is 57.7 Å². The Bertz CT molecular complexity index is 2130. The van der Waals surface area contributed by atoms with Crippen LogP contribution < -0.4 is 9.47 Å². The minimum absolute atomic E-state index is 0.0294. The summed E-state index contributed by atoms with van der Waals surface area (Å²) in [6.45, 7) is 17.2. The Balaban J connectivity index is 0.959. The van der Waals surface area contributed by atoms with Crippen molar-refractivity contribution in [2.24, 2.45) is 0 Å². The van der Waals surface area contributed by atoms with Gasteiger partial charge in [0.1, 0.15) is 11.5 Å². The summed E-state index contributed by atoms with van der Waals surface area (Å²) >= 11 is 16.3. The molecule has 2 saturated heterocycles. The Morgan fingerprint density at radius 3 is 1.93 bits per heavy atom. The molecular weight excluding hydrogens is 808 g/mol. The van der Waals surface area contributed by atoms with Crippen LogP contribution in [0.3, 0.4) is 0 Å². The number of hydrogen-bond acceptors (Lipinski definition) is 8. The molecule has 8 nitrogen and oxygen atoms in total. The maximum absolute atomic E-state index is 13.1. The average molecular weight is 860 g/mol. The van der Waals surface area contributed by atoms with Gasteiger partial charge in [-0.1, -0.05) is 66.7 Å². The van der Waals surface area contributed by atoms with Crippen molar-refractivity contribution in [3.05, 3.63) is 126 Å². The molecule has 4 aromatic rings. The Labute approximate surface area is 360 Å². The zero-order valence-electron chi connectivity index (χ0n) is 33.0. The van der Waals surface area contributed by atoms with Gasteiger partial charge >= 0.3 is 0 Å². The highest BCUT2D eigenvalue weighted by Gasteiger charge is 2.37. The molecule has 0 aliphatic carbocycles. The predicted molar refractivity (Wildman–Crippen MR) is 236 cm³/mol. The van der Waals surface area contributed by atoms with Gasteiger partial charge in [0.05, 0.1) is 35.0 Å². The van der Waals surface area contributed by atoms with E-state index in [1.54, 1.807) is 11.3 Å². The number of hydrogen-bond donors (Lipinski definition) is 0. The third-order valence-electron chi connectivity index (χ3n) is 12.2. The quantitative estimate of drug-likeness (QED) is 0.0877. The number of nitrogens with zero attached hydrogens (tertiary/aromatic N) is 4. The van der Waals surface area contributed by atoms with Crippen LogP contribution in [0, 0.1) is 0 Å². The zero-order chi connectivity index (χ0) is 40.2. The van der Waals surface area contributed by atoms with Gasteiger partial charge in [-0.15, -0.1) is 22.7 Å². The zero-order valence-corrected chi connectivity index (χ0v) is 36.2. The molecular formula is C46H52Cl2N4O4S2. The first-order chi connectivity index (χ1) is 28.3. The average Bonchev–Trinajstić information content (AvgIpc) is 4.07. The van der Waals surface area contributed by atoms with Gasteiger partial charge in [-0.25, -0.2) is 0 Å². The maximum atomic E-state index is 13.1. The van der Waals surface area contributed by atoms with Gasteiger partial charge in [0, 0.05) is 65.4 Å². The molecule has 8 rings (SSSR count). The van der Waals surface area contributed by atoms with Gasteiger partial charge in [-0.05, 0) is 111 Å². The normalized spacial score (nSPS) is 20.8. The standard InChI is InChI=1S/C46H52Cl2N4O4S2/c1-3-44(53)51-27-36(34-24-42(47)57-40(34)29-51)33-12-5-6-14-38(33)55-22-11-20-50-21-16-31(26-50)32-13-9-15-39(56-23-10-19-49-17-7-8-18-49)46(32)37-28-52(45(54)4-2)30-41-35(37)25-43(48)58-41/h3-6,9,12-15,24-25,31,36-37H,1-2,7-8,10-11,16-23,26-30H2/t31?,36-,37-/m1/s1. The summed E-state index contributed by atoms with van der Waals surface area (Å²) < 4.78 is 14.7. The molecule has 306 valence electrons. The number of fused-ring (bicyclic) bond motifs is 2. The lowest BCUT2D eigenvalue weighted by Gasteiger charge is -2.35. The summed E-state index contributed by atoms with van der Waals surface area (Å²) in [6.07, 6.45) is 8.28. The molecule has 2 aromatic heterocycles. The number of rotatable bonds is 15. The number of carbonyl (C=O) groups excluding carboxylic acids is 2. The lowest BCUT2D eigenvalue weighted by atomic mass is 9.81. The van der Waals surface area contributed by atoms with E-state index in [1.807, 2.05) is 34.1 Å². The first-order valence-corrected chi connectivity index (χ1v) is 23.0. The second kappa shape index (κ2) is 18.7. The summed E-state index contributed by atoms with van der Waals surface area (Å²) in [6, 6.07) is 18.9. The van der Waals surface area contributed by atoms with Crippen molar-refractivity contribution in [3.8, 4) is 11.5 Å². The largest absolute Gasteiger partial charge is 0.493 e. The molecule has 2 aromatic carbocycles. The molecule has 0 radical (unpaired) electrons. The molecule has 58 heavy (non-hydrogen) atoms. The minimum atomic E-state index is -0.0779. The van der Waals surface area contributed by atoms with E-state index in [1.165, 1.54) is 71.7 Å². The fourth-order valence-electron chi connectivity index (χ4n) is 9.43. The van der Waals surface area contributed by atoms with E-state index in [2.05, 4.69) is 53.3 Å². The topological polar surface area (TPSA) is 65.6 Å². The van der Waals surface area contributed by atoms with Crippen LogP contribution in [0.5, 0.6) is 11.5 Å². The van der Waals surface area contributed by atoms with E-state index in [4.69, 9.17) is 32.7 Å². The fourth-order valence-corrected chi connectivity index (χ4v) is 12.1. The molecule has 0 spiro atoms. The van der Waals surface area contributed by atoms with E-state index in [-0.39, 0.29) is 23.7 Å². The molecule has 4 aliphatic heterocycles. The molecule has 1 unspecified atom stereocenters. The van der Waals surface area contributed by atoms with Gasteiger partial charge in [0.15, 0.2) is 0 Å². The van der Waals surface area contributed by atoms with Crippen molar-refractivity contribution in [3.63, 3.8) is 0 Å². The van der Waals surface area contributed by atoms with Gasteiger partial charge in [0.25, 0.3) is 0 Å². The number of amides is 2. The SMILES string of the molecule is C=CC(=O)N1Cc2sc(Cl)cc2[C@@H](c2ccccc2OCCCN2CCC(c3cccc(OCCCN4CCCC4)c3[C@@H]3CN(C(=O)C=C)Cc4sc(Cl)cc43)C2)C1. The molecule has 2 fully saturated rings. The maximum Gasteiger partial charge on any atom is 0.246 e. The lowest BCUT2D eigenvalue weighted by Crippen LogP contribution is -2.37. The Morgan fingerprint density at radius 2 is 1.26 bits per heavy atom. The molecule has 3 atom stereocenters. The summed E-state index contributed by atoms with van der Waals surface area (Å²) in [5, 5.41) is 0. The van der Waals surface area contributed by atoms with Crippen molar-refractivity contribution < 1.29 is 19.1 Å². The molecule has 4 aliphatic rings. The fraction of sp³-hybridized carbons (Fsp3) is 0.435. The minimum Gasteiger partial charge on any atom is -0.493 e. The van der Waals surface area contributed by atoms with E-state index in [0.717, 1.165) is 80.9 Å². The van der Waals surface area contributed by atoms with Crippen molar-refractivity contribution in [1.82, 2.24) is 19.6 Å². The van der Waals surface area contributed by atoms with Crippen molar-refractivity contribution in [2.45, 2.75) is 62.9 Å². The van der Waals surface area contributed by atoms with Gasteiger partial charge in [0.2, 0.25) is 11.8 Å². The van der Waals surface area contributed by atoms with E-state index in [9.17, 15) is 9.59 Å². The highest BCUT2D eigenvalue weighted by atomic mass is 35.5. The Kier molecular flexibility index (Phi) is 13.3. The number of ether oxygens (including phenoxy) is 2. The number of carbonyl (C=O) groups is 2. The van der Waals surface area contributed by atoms with Crippen molar-refractivity contribution in [1.29, 1.82) is 0 Å². The number of benzene rings is 2. The predicted octanol–water partition coefficient (Wildman–Crippen LogP) is 9.56. The van der Waals surface area contributed by atoms with E-state index < -0.39 is 0 Å². The third-order valence-corrected chi connectivity index (χ3v) is 14.8. The summed E-state index contributed by atoms with van der Waals surface area (Å²) in [4.78, 5) is 36.9. The van der Waals surface area contributed by atoms with Gasteiger partial charge in [-0.3, -0.25) is 9.59 Å². The van der Waals surface area contributed by atoms with Gasteiger partial charge in [-0.2, -0.15) is 0 Å². The second-order valence-corrected chi connectivity index (χ2v) is 19.4. The molecule has 0 N–H and O–H groups in total. The lowest BCUT2D eigenvalue weighted by molar-refractivity contribution is -0.127. The highest BCUT2D eigenvalue weighted by molar-refractivity contribution is 7.16. The van der Waals surface area contributed by atoms with Crippen LogP contribution in [0.1, 0.15) is 87.4 Å². The van der Waals surface area contributed by atoms with Crippen LogP contribution in [0.25, 0.3) is 0 Å². The van der Waals surface area contributed by atoms with E-state index >= 15 is 0 Å². The first-order valence-electron chi connectivity index (χ1n) is 20.6. The van der Waals surface area contributed by atoms with Crippen LogP contribution in [-0.2, 0) is 22.7 Å². The van der Waals surface area contributed by atoms with Crippen molar-refractivity contribution in [2.75, 3.05) is 65.6 Å². The first kappa shape index (κ1) is 41.1. The Morgan fingerprint density at radius 1 is 0.690 bits per heavy atom. The molecule has 6 heterocycles. The monoisotopic (exact) mass is 858 g/mol. The smallest absolute Gasteiger partial charge is 0.246 e. The summed E-state index contributed by atoms with van der Waals surface area (Å²) in [5.74, 6) is 1.88. The number of likely N-dealkylation sites (tertiary alicyclic amines) is 2. The van der Waals surface area contributed by atoms with Crippen LogP contribution in [0.4, 0.5) is 0 Å². The molecule has 12 heteroatoms. The highest BCUT2D eigenvalue weighted by Crippen LogP contribution is 2.47. The number of halogens is 2. The Hall–Kier alpha value is -3.64. The molecule has 2 amide bonds. The number of thiophene rings is 2. The third kappa shape index (κ3) is 9.08. The molecule has 0 bridgehead atoms. The number of para-hydroxylation sites is 1. The van der Waals surface area contributed by atoms with Crippen LogP contribution in [-0.4, -0.2) is 97.0 Å². The van der Waals surface area contributed by atoms with Crippen LogP contribution in [0.15, 0.2) is 79.9 Å². The van der Waals surface area contributed by atoms with E-state index in [0.29, 0.717) is 45.3 Å². The van der Waals surface area contributed by atoms with Gasteiger partial charge < -0.3 is 29.1 Å². The molecule has 0 saturated carbocycles. The second-order valence-electron chi connectivity index (χ2n) is 15.8. The van der Waals surface area contributed by atoms with Crippen LogP contribution >= 0.6 is 45.9 Å².